The molecule has 544 valence electrons. The normalized spacial score (nSPS) is 13.2. The number of carbonyl (C=O) groups is 6. The van der Waals surface area contributed by atoms with Gasteiger partial charge in [0.2, 0.25) is 0 Å². The second-order valence-corrected chi connectivity index (χ2v) is 23.7. The van der Waals surface area contributed by atoms with Crippen LogP contribution in [0.3, 0.4) is 0 Å². The predicted molar refractivity (Wildman–Crippen MR) is 399 cm³/mol. The third-order valence-corrected chi connectivity index (χ3v) is 16.1. The molecule has 0 bridgehead atoms. The van der Waals surface area contributed by atoms with Crippen LogP contribution in [0.5, 0.6) is 0 Å². The Morgan fingerprint density at radius 1 is 0.291 bits per heavy atom. The summed E-state index contributed by atoms with van der Waals surface area (Å²) in [5, 5.41) is 44.7. The van der Waals surface area contributed by atoms with E-state index in [4.69, 9.17) is 41.2 Å². The van der Waals surface area contributed by atoms with Crippen LogP contribution < -0.4 is 64.6 Å². The van der Waals surface area contributed by atoms with Crippen molar-refractivity contribution in [3.8, 4) is 0 Å². The number of hydrogen-bond acceptors (Lipinski definition) is 20. The van der Waals surface area contributed by atoms with E-state index in [0.29, 0.717) is 137 Å². The number of unbranched alkanes of at least 4 members (excludes halogenated alkanes) is 4. The molecule has 0 spiro atoms. The molecule has 0 fully saturated rings. The molecule has 4 aliphatic heterocycles. The van der Waals surface area contributed by atoms with E-state index < -0.39 is 0 Å². The molecule has 6 amide bonds. The van der Waals surface area contributed by atoms with E-state index in [1.54, 1.807) is 72.8 Å². The van der Waals surface area contributed by atoms with Gasteiger partial charge in [0.05, 0.1) is 79.0 Å². The van der Waals surface area contributed by atoms with Crippen LogP contribution in [0, 0.1) is 10.8 Å². The number of nitrogens with one attached hydrogen (secondary N) is 12. The smallest absolute Gasteiger partial charge is 0.251 e. The Morgan fingerprint density at radius 3 is 0.689 bits per heavy atom. The summed E-state index contributed by atoms with van der Waals surface area (Å²) in [5.74, 6) is 2.63. The second kappa shape index (κ2) is 43.5. The Kier molecular flexibility index (Phi) is 32.7. The molecular weight excluding hydrogens is 1310 g/mol. The molecule has 103 heavy (non-hydrogen) atoms. The van der Waals surface area contributed by atoms with Gasteiger partial charge in [-0.05, 0) is 85.6 Å². The predicted octanol–water partition coefficient (Wildman–Crippen LogP) is 3.52. The highest BCUT2D eigenvalue weighted by molar-refractivity contribution is 6.05. The highest BCUT2D eigenvalue weighted by Crippen LogP contribution is 2.13. The summed E-state index contributed by atoms with van der Waals surface area (Å²) in [7, 11) is 0. The van der Waals surface area contributed by atoms with Gasteiger partial charge in [-0.15, -0.1) is 0 Å². The van der Waals surface area contributed by atoms with Gasteiger partial charge in [-0.2, -0.15) is 0 Å². The monoisotopic (exact) mass is 1410 g/mol. The minimum atomic E-state index is -0.230. The fourth-order valence-electron chi connectivity index (χ4n) is 10.5. The molecule has 28 heteroatoms. The van der Waals surface area contributed by atoms with E-state index in [9.17, 15) is 28.8 Å². The van der Waals surface area contributed by atoms with Crippen molar-refractivity contribution in [3.63, 3.8) is 0 Å². The Hall–Kier alpha value is -11.2. The summed E-state index contributed by atoms with van der Waals surface area (Å²) >= 11 is 0. The van der Waals surface area contributed by atoms with E-state index in [1.165, 1.54) is 0 Å². The summed E-state index contributed by atoms with van der Waals surface area (Å²) in [6.45, 7) is 12.5. The molecule has 6 aromatic rings. The average molecular weight is 1410 g/mol. The number of carbonyl (C=O) groups excluding carboxylic acids is 6. The lowest BCUT2D eigenvalue weighted by atomic mass is 10.1. The summed E-state index contributed by atoms with van der Waals surface area (Å²) in [5.41, 5.74) is 19.4. The molecule has 10 rings (SSSR count). The lowest BCUT2D eigenvalue weighted by molar-refractivity contribution is 0.0486. The Morgan fingerprint density at radius 2 is 0.485 bits per heavy atom. The van der Waals surface area contributed by atoms with Crippen LogP contribution in [0.1, 0.15) is 128 Å². The number of ether oxygens (including phenoxy) is 4. The lowest BCUT2D eigenvalue weighted by Crippen LogP contribution is -2.28. The minimum absolute atomic E-state index is 0.0406. The minimum Gasteiger partial charge on any atom is -0.384 e. The quantitative estimate of drug-likeness (QED) is 0.0150. The fraction of sp³-hybridized carbons (Fsp3) is 0.360. The Balaban J connectivity index is 0.000000196. The first-order valence-electron chi connectivity index (χ1n) is 34.7. The number of amides is 6. The SMILES string of the molecule is N=C(N)c1ccc(C(=O)NCCOCCOCCNC(=O)c2ccc(C(=N)N)cc2)cc1.O=C(NCCCCCCCNC(=O)c1ccc(C2=NCCN2)cc1)c1ccc(C2=NCCN2)cc1.O=C(NCCOCCOCCNC(=O)c1ccc(C2=NCCN2)cc1)c1ccc(C2=NCCN2)cc1. The van der Waals surface area contributed by atoms with Crippen molar-refractivity contribution in [1.82, 2.24) is 53.2 Å². The van der Waals surface area contributed by atoms with Gasteiger partial charge >= 0.3 is 0 Å². The third kappa shape index (κ3) is 27.0. The summed E-state index contributed by atoms with van der Waals surface area (Å²) in [4.78, 5) is 90.7. The zero-order valence-electron chi connectivity index (χ0n) is 58.0. The summed E-state index contributed by atoms with van der Waals surface area (Å²) in [6.07, 6.45) is 5.09. The van der Waals surface area contributed by atoms with Crippen LogP contribution >= 0.6 is 0 Å². The molecule has 0 radical (unpaired) electrons. The maximum Gasteiger partial charge on any atom is 0.251 e. The van der Waals surface area contributed by atoms with E-state index in [-0.39, 0.29) is 47.1 Å². The molecule has 0 atom stereocenters. The number of benzene rings is 6. The van der Waals surface area contributed by atoms with E-state index in [2.05, 4.69) is 73.1 Å². The van der Waals surface area contributed by atoms with Crippen molar-refractivity contribution in [3.05, 3.63) is 212 Å². The second-order valence-electron chi connectivity index (χ2n) is 23.7. The van der Waals surface area contributed by atoms with Crippen molar-refractivity contribution < 1.29 is 47.7 Å². The molecule has 0 saturated carbocycles. The van der Waals surface area contributed by atoms with Gasteiger partial charge in [0, 0.05) is 132 Å². The maximum atomic E-state index is 12.3. The van der Waals surface area contributed by atoms with Crippen LogP contribution in [-0.4, -0.2) is 215 Å². The average Bonchev–Trinajstić information content (AvgIpc) is 1.57. The van der Waals surface area contributed by atoms with Crippen molar-refractivity contribution in [2.24, 2.45) is 31.4 Å². The van der Waals surface area contributed by atoms with Crippen LogP contribution in [0.4, 0.5) is 0 Å². The van der Waals surface area contributed by atoms with Crippen molar-refractivity contribution in [2.45, 2.75) is 32.1 Å². The molecule has 4 aliphatic rings. The van der Waals surface area contributed by atoms with Crippen LogP contribution in [-0.2, 0) is 18.9 Å². The van der Waals surface area contributed by atoms with Gasteiger partial charge in [0.15, 0.2) is 0 Å². The van der Waals surface area contributed by atoms with E-state index in [1.807, 2.05) is 72.8 Å². The third-order valence-electron chi connectivity index (χ3n) is 16.1. The number of amidine groups is 6. The molecular formula is C75H94N18O10. The van der Waals surface area contributed by atoms with Gasteiger partial charge in [-0.1, -0.05) is 92.1 Å². The summed E-state index contributed by atoms with van der Waals surface area (Å²) in [6, 6.07) is 42.8. The molecule has 0 unspecified atom stereocenters. The zero-order valence-corrected chi connectivity index (χ0v) is 58.0. The van der Waals surface area contributed by atoms with Gasteiger partial charge in [0.1, 0.15) is 35.0 Å². The highest BCUT2D eigenvalue weighted by Gasteiger charge is 2.16. The Labute approximate surface area is 599 Å². The van der Waals surface area contributed by atoms with Gasteiger partial charge < -0.3 is 83.6 Å². The molecule has 0 aliphatic carbocycles. The summed E-state index contributed by atoms with van der Waals surface area (Å²) < 4.78 is 21.8. The first-order chi connectivity index (χ1) is 50.3. The molecule has 4 heterocycles. The first kappa shape index (κ1) is 77.5. The topological polar surface area (TPSA) is 409 Å². The number of nitrogens with zero attached hydrogens (tertiary/aromatic N) is 4. The van der Waals surface area contributed by atoms with Crippen molar-refractivity contribution in [2.75, 3.05) is 144 Å². The number of rotatable bonds is 38. The van der Waals surface area contributed by atoms with Gasteiger partial charge in [-0.3, -0.25) is 59.6 Å². The fourth-order valence-corrected chi connectivity index (χ4v) is 10.5. The molecule has 0 aromatic heterocycles. The zero-order chi connectivity index (χ0) is 72.6. The number of aliphatic imine (C=N–C) groups is 4. The van der Waals surface area contributed by atoms with Crippen molar-refractivity contribution in [1.29, 1.82) is 10.8 Å². The molecule has 28 nitrogen and oxygen atoms in total. The first-order valence-corrected chi connectivity index (χ1v) is 34.7. The highest BCUT2D eigenvalue weighted by atomic mass is 16.5. The lowest BCUT2D eigenvalue weighted by Gasteiger charge is -2.09. The van der Waals surface area contributed by atoms with Crippen LogP contribution in [0.15, 0.2) is 166 Å². The number of hydrogen-bond donors (Lipinski definition) is 14. The van der Waals surface area contributed by atoms with Crippen molar-refractivity contribution >= 4 is 70.5 Å². The molecule has 16 N–H and O–H groups in total. The van der Waals surface area contributed by atoms with E-state index >= 15 is 0 Å². The largest absolute Gasteiger partial charge is 0.384 e. The molecule has 0 saturated heterocycles. The van der Waals surface area contributed by atoms with Crippen LogP contribution in [0.25, 0.3) is 0 Å². The van der Waals surface area contributed by atoms with Gasteiger partial charge in [-0.25, -0.2) is 0 Å². The van der Waals surface area contributed by atoms with Gasteiger partial charge in [0.25, 0.3) is 35.4 Å². The number of nitrogen functional groups attached to an aromatic ring is 2. The van der Waals surface area contributed by atoms with E-state index in [0.717, 1.165) is 130 Å². The number of nitrogens with two attached hydrogens (primary N) is 2. The maximum absolute atomic E-state index is 12.3. The van der Waals surface area contributed by atoms with Crippen LogP contribution in [0.2, 0.25) is 0 Å². The Bertz CT molecular complexity index is 3620. The molecule has 6 aromatic carbocycles. The standard InChI is InChI=1S/C27H34N6O2.C26H32N6O4.C22H28N6O4/c34-26(22-10-6-20(7-11-22)24-28-16-17-29-24)32-14-4-2-1-3-5-15-33-27(35)23-12-8-21(9-13-23)25-30-18-19-31-25;33-25(21-5-1-19(2-6-21)23-27-9-10-28-23)31-13-15-35-17-18-36-16-14-32-26(34)22-7-3-20(4-8-22)24-29-11-12-30-24;23-19(24)15-1-5-17(6-2-15)21(29)27-9-11-31-13-14-32-12-10-28-22(30)18-7-3-16(4-8-18)20(25)26/h6-13H,1-5,14-19H2,(H,28,29)(H,30,31)(H,32,34)(H,33,35);1-8H,9-18H2,(H,27,28)(H,29,30)(H,31,33)(H,32,34);1-8H,9-14H2,(H3,23,24)(H3,25,26)(H,27,29)(H,28,30).